The third-order valence-corrected chi connectivity index (χ3v) is 2.10. The molecular formula is C7H11ClN2OS. The van der Waals surface area contributed by atoms with Crippen LogP contribution in [0.25, 0.3) is 0 Å². The van der Waals surface area contributed by atoms with E-state index in [0.29, 0.717) is 17.0 Å². The second-order valence-corrected chi connectivity index (χ2v) is 4.42. The molecule has 2 N–H and O–H groups in total. The van der Waals surface area contributed by atoms with Crippen LogP contribution in [0.3, 0.4) is 0 Å². The van der Waals surface area contributed by atoms with Gasteiger partial charge in [-0.05, 0) is 13.8 Å². The zero-order valence-corrected chi connectivity index (χ0v) is 8.58. The van der Waals surface area contributed by atoms with E-state index in [0.717, 1.165) is 0 Å². The SMILES string of the molecule is CC(C)(N)COc1nc(Cl)cs1. The van der Waals surface area contributed by atoms with Crippen molar-refractivity contribution in [1.82, 2.24) is 4.98 Å². The molecule has 0 aliphatic carbocycles. The smallest absolute Gasteiger partial charge is 0.274 e. The molecule has 68 valence electrons. The van der Waals surface area contributed by atoms with Crippen LogP contribution in [0.15, 0.2) is 5.38 Å². The second kappa shape index (κ2) is 3.60. The molecule has 0 saturated carbocycles. The first-order chi connectivity index (χ1) is 5.47. The monoisotopic (exact) mass is 206 g/mol. The summed E-state index contributed by atoms with van der Waals surface area (Å²) in [5.41, 5.74) is 5.37. The zero-order valence-electron chi connectivity index (χ0n) is 7.00. The van der Waals surface area contributed by atoms with E-state index in [2.05, 4.69) is 4.98 Å². The Balaban J connectivity index is 2.44. The average Bonchev–Trinajstić information content (AvgIpc) is 2.30. The summed E-state index contributed by atoms with van der Waals surface area (Å²) in [6, 6.07) is 0. The quantitative estimate of drug-likeness (QED) is 0.822. The van der Waals surface area contributed by atoms with Gasteiger partial charge in [0.2, 0.25) is 0 Å². The van der Waals surface area contributed by atoms with Gasteiger partial charge in [-0.3, -0.25) is 0 Å². The maximum absolute atomic E-state index is 5.71. The first-order valence-electron chi connectivity index (χ1n) is 3.50. The van der Waals surface area contributed by atoms with E-state index in [4.69, 9.17) is 22.1 Å². The molecule has 0 fully saturated rings. The molecule has 0 atom stereocenters. The van der Waals surface area contributed by atoms with Gasteiger partial charge in [-0.1, -0.05) is 22.9 Å². The van der Waals surface area contributed by atoms with Crippen molar-refractivity contribution in [2.75, 3.05) is 6.61 Å². The Kier molecular flexibility index (Phi) is 2.93. The van der Waals surface area contributed by atoms with Crippen LogP contribution in [0, 0.1) is 0 Å². The van der Waals surface area contributed by atoms with E-state index in [1.54, 1.807) is 5.38 Å². The summed E-state index contributed by atoms with van der Waals surface area (Å²) in [6.07, 6.45) is 0. The van der Waals surface area contributed by atoms with E-state index in [-0.39, 0.29) is 5.54 Å². The van der Waals surface area contributed by atoms with Crippen molar-refractivity contribution in [1.29, 1.82) is 0 Å². The first-order valence-corrected chi connectivity index (χ1v) is 4.76. The summed E-state index contributed by atoms with van der Waals surface area (Å²) in [6.45, 7) is 4.22. The highest BCUT2D eigenvalue weighted by Crippen LogP contribution is 2.21. The minimum Gasteiger partial charge on any atom is -0.468 e. The molecular weight excluding hydrogens is 196 g/mol. The lowest BCUT2D eigenvalue weighted by molar-refractivity contribution is 0.242. The maximum atomic E-state index is 5.71. The number of hydrogen-bond acceptors (Lipinski definition) is 4. The number of ether oxygens (including phenoxy) is 1. The summed E-state index contributed by atoms with van der Waals surface area (Å²) in [7, 11) is 0. The number of hydrogen-bond donors (Lipinski definition) is 1. The van der Waals surface area contributed by atoms with E-state index >= 15 is 0 Å². The Morgan fingerprint density at radius 2 is 2.42 bits per heavy atom. The summed E-state index contributed by atoms with van der Waals surface area (Å²) < 4.78 is 5.29. The molecule has 0 aliphatic rings. The number of nitrogens with zero attached hydrogens (tertiary/aromatic N) is 1. The van der Waals surface area contributed by atoms with Gasteiger partial charge in [-0.25, -0.2) is 0 Å². The Labute approximate surface area is 80.5 Å². The standard InChI is InChI=1S/C7H11ClN2OS/c1-7(2,9)4-11-6-10-5(8)3-12-6/h3H,4,9H2,1-2H3. The van der Waals surface area contributed by atoms with Gasteiger partial charge in [0.1, 0.15) is 11.8 Å². The molecule has 1 aromatic rings. The number of rotatable bonds is 3. The molecule has 0 saturated heterocycles. The van der Waals surface area contributed by atoms with Gasteiger partial charge in [0.05, 0.1) is 0 Å². The van der Waals surface area contributed by atoms with Crippen LogP contribution in [0.4, 0.5) is 0 Å². The molecule has 0 spiro atoms. The third kappa shape index (κ3) is 3.38. The summed E-state index contributed by atoms with van der Waals surface area (Å²) in [5, 5.41) is 2.75. The molecule has 0 bridgehead atoms. The molecule has 0 aromatic carbocycles. The van der Waals surface area contributed by atoms with Crippen LogP contribution >= 0.6 is 22.9 Å². The molecule has 1 aromatic heterocycles. The van der Waals surface area contributed by atoms with Crippen molar-refractivity contribution in [3.05, 3.63) is 10.5 Å². The fraction of sp³-hybridized carbons (Fsp3) is 0.571. The van der Waals surface area contributed by atoms with Crippen molar-refractivity contribution in [2.24, 2.45) is 5.73 Å². The lowest BCUT2D eigenvalue weighted by Crippen LogP contribution is -2.38. The van der Waals surface area contributed by atoms with Crippen LogP contribution in [-0.2, 0) is 0 Å². The lowest BCUT2D eigenvalue weighted by atomic mass is 10.1. The number of aromatic nitrogens is 1. The largest absolute Gasteiger partial charge is 0.468 e. The molecule has 0 radical (unpaired) electrons. The van der Waals surface area contributed by atoms with Gasteiger partial charge in [0.25, 0.3) is 5.19 Å². The van der Waals surface area contributed by atoms with Gasteiger partial charge in [-0.2, -0.15) is 4.98 Å². The van der Waals surface area contributed by atoms with Gasteiger partial charge < -0.3 is 10.5 Å². The van der Waals surface area contributed by atoms with Crippen LogP contribution in [-0.4, -0.2) is 17.1 Å². The Morgan fingerprint density at radius 1 is 1.75 bits per heavy atom. The van der Waals surface area contributed by atoms with E-state index in [1.807, 2.05) is 13.8 Å². The van der Waals surface area contributed by atoms with E-state index < -0.39 is 0 Å². The second-order valence-electron chi connectivity index (χ2n) is 3.21. The molecule has 12 heavy (non-hydrogen) atoms. The van der Waals surface area contributed by atoms with Crippen molar-refractivity contribution in [2.45, 2.75) is 19.4 Å². The van der Waals surface area contributed by atoms with Crippen LogP contribution in [0.1, 0.15) is 13.8 Å². The molecule has 1 heterocycles. The normalized spacial score (nSPS) is 11.7. The van der Waals surface area contributed by atoms with Gasteiger partial charge in [0.15, 0.2) is 0 Å². The van der Waals surface area contributed by atoms with Gasteiger partial charge >= 0.3 is 0 Å². The molecule has 0 unspecified atom stereocenters. The minimum atomic E-state index is -0.335. The van der Waals surface area contributed by atoms with Gasteiger partial charge in [0, 0.05) is 10.9 Å². The molecule has 0 amide bonds. The highest BCUT2D eigenvalue weighted by molar-refractivity contribution is 7.11. The van der Waals surface area contributed by atoms with Crippen molar-refractivity contribution >= 4 is 22.9 Å². The highest BCUT2D eigenvalue weighted by atomic mass is 35.5. The van der Waals surface area contributed by atoms with Crippen LogP contribution in [0.2, 0.25) is 5.15 Å². The van der Waals surface area contributed by atoms with Crippen molar-refractivity contribution in [3.8, 4) is 5.19 Å². The number of halogens is 1. The topological polar surface area (TPSA) is 48.1 Å². The van der Waals surface area contributed by atoms with Gasteiger partial charge in [-0.15, -0.1) is 0 Å². The van der Waals surface area contributed by atoms with E-state index in [9.17, 15) is 0 Å². The lowest BCUT2D eigenvalue weighted by Gasteiger charge is -2.17. The van der Waals surface area contributed by atoms with Crippen LogP contribution in [0.5, 0.6) is 5.19 Å². The predicted molar refractivity (Wildman–Crippen MR) is 50.9 cm³/mol. The number of thiazole rings is 1. The van der Waals surface area contributed by atoms with Crippen LogP contribution < -0.4 is 10.5 Å². The molecule has 0 aliphatic heterocycles. The predicted octanol–water partition coefficient (Wildman–Crippen LogP) is 1.91. The Hall–Kier alpha value is -0.320. The first kappa shape index (κ1) is 9.77. The fourth-order valence-corrected chi connectivity index (χ4v) is 1.34. The average molecular weight is 207 g/mol. The highest BCUT2D eigenvalue weighted by Gasteiger charge is 2.12. The zero-order chi connectivity index (χ0) is 9.19. The summed E-state index contributed by atoms with van der Waals surface area (Å²) in [4.78, 5) is 3.92. The van der Waals surface area contributed by atoms with Crippen molar-refractivity contribution < 1.29 is 4.74 Å². The van der Waals surface area contributed by atoms with E-state index in [1.165, 1.54) is 11.3 Å². The summed E-state index contributed by atoms with van der Waals surface area (Å²) in [5.74, 6) is 0. The fourth-order valence-electron chi connectivity index (χ4n) is 0.553. The Bertz CT molecular complexity index is 256. The molecule has 3 nitrogen and oxygen atoms in total. The minimum absolute atomic E-state index is 0.335. The maximum Gasteiger partial charge on any atom is 0.274 e. The number of nitrogens with two attached hydrogens (primary N) is 1. The third-order valence-electron chi connectivity index (χ3n) is 1.02. The molecule has 5 heteroatoms. The summed E-state index contributed by atoms with van der Waals surface area (Å²) >= 11 is 6.97. The Morgan fingerprint density at radius 3 is 2.83 bits per heavy atom. The molecule has 1 rings (SSSR count). The van der Waals surface area contributed by atoms with Crippen molar-refractivity contribution in [3.63, 3.8) is 0 Å².